The van der Waals surface area contributed by atoms with Crippen LogP contribution in [0.5, 0.6) is 5.75 Å². The van der Waals surface area contributed by atoms with E-state index in [1.165, 1.54) is 0 Å². The molecule has 2 amide bonds. The maximum absolute atomic E-state index is 12.7. The Hall–Kier alpha value is -1.96. The second kappa shape index (κ2) is 11.3. The minimum Gasteiger partial charge on any atom is -0.382 e. The molecule has 0 aromatic heterocycles. The van der Waals surface area contributed by atoms with E-state index in [2.05, 4.69) is 10.2 Å². The monoisotopic (exact) mass is 427 g/mol. The fourth-order valence-electron chi connectivity index (χ4n) is 2.94. The molecule has 0 radical (unpaired) electrons. The minimum absolute atomic E-state index is 0.0124. The molecule has 166 valence electrons. The van der Waals surface area contributed by atoms with Crippen molar-refractivity contribution < 1.29 is 17.4 Å². The Morgan fingerprint density at radius 3 is 2.21 bits per heavy atom. The van der Waals surface area contributed by atoms with Crippen LogP contribution in [0, 0.1) is 5.92 Å². The van der Waals surface area contributed by atoms with E-state index >= 15 is 0 Å². The third-order valence-electron chi connectivity index (χ3n) is 4.40. The first-order valence-electron chi connectivity index (χ1n) is 10.4. The molecule has 0 aliphatic carbocycles. The first-order chi connectivity index (χ1) is 13.5. The first-order valence-corrected chi connectivity index (χ1v) is 12.0. The van der Waals surface area contributed by atoms with Crippen molar-refractivity contribution in [2.75, 3.05) is 30.3 Å². The van der Waals surface area contributed by atoms with E-state index in [1.807, 2.05) is 53.7 Å². The lowest BCUT2D eigenvalue weighted by Gasteiger charge is -2.28. The molecule has 29 heavy (non-hydrogen) atoms. The lowest BCUT2D eigenvalue weighted by molar-refractivity contribution is 0.185. The number of rotatable bonds is 11. The Morgan fingerprint density at radius 2 is 1.72 bits per heavy atom. The molecule has 0 spiro atoms. The molecule has 1 aromatic rings. The van der Waals surface area contributed by atoms with Crippen LogP contribution >= 0.6 is 0 Å². The zero-order chi connectivity index (χ0) is 22.2. The molecule has 0 saturated heterocycles. The molecule has 0 unspecified atom stereocenters. The summed E-state index contributed by atoms with van der Waals surface area (Å²) in [5, 5.41) is 2.91. The SMILES string of the molecule is CCN(CC)c1ccc(CN(CC(C)C)C(=O)NC(C)C)c(OS(=O)(=O)CC)c1. The summed E-state index contributed by atoms with van der Waals surface area (Å²) < 4.78 is 29.7. The van der Waals surface area contributed by atoms with E-state index in [9.17, 15) is 13.2 Å². The van der Waals surface area contributed by atoms with Crippen molar-refractivity contribution in [3.63, 3.8) is 0 Å². The molecule has 1 N–H and O–H groups in total. The standard InChI is InChI=1S/C21H37N3O4S/c1-8-23(9-2)19-12-11-18(20(13-19)28-29(26,27)10-3)15-24(14-16(4)5)21(25)22-17(6)7/h11-13,16-17H,8-10,14-15H2,1-7H3,(H,22,25). The fourth-order valence-corrected chi connectivity index (χ4v) is 3.48. The highest BCUT2D eigenvalue weighted by Crippen LogP contribution is 2.29. The highest BCUT2D eigenvalue weighted by atomic mass is 32.2. The van der Waals surface area contributed by atoms with Crippen LogP contribution in [0.3, 0.4) is 0 Å². The minimum atomic E-state index is -3.69. The third kappa shape index (κ3) is 8.12. The highest BCUT2D eigenvalue weighted by molar-refractivity contribution is 7.87. The number of urea groups is 1. The Labute approximate surface area is 176 Å². The number of amides is 2. The maximum atomic E-state index is 12.7. The summed E-state index contributed by atoms with van der Waals surface area (Å²) in [6, 6.07) is 5.39. The number of anilines is 1. The predicted octanol–water partition coefficient (Wildman–Crippen LogP) is 3.84. The number of nitrogens with one attached hydrogen (secondary N) is 1. The van der Waals surface area contributed by atoms with Gasteiger partial charge >= 0.3 is 16.1 Å². The molecule has 0 bridgehead atoms. The Balaban J connectivity index is 3.32. The number of nitrogens with zero attached hydrogens (tertiary/aromatic N) is 2. The second-order valence-corrected chi connectivity index (χ2v) is 9.63. The molecule has 0 aliphatic rings. The van der Waals surface area contributed by atoms with Gasteiger partial charge in [0.25, 0.3) is 0 Å². The van der Waals surface area contributed by atoms with E-state index in [0.717, 1.165) is 18.8 Å². The zero-order valence-electron chi connectivity index (χ0n) is 18.9. The predicted molar refractivity (Wildman–Crippen MR) is 119 cm³/mol. The van der Waals surface area contributed by atoms with Crippen molar-refractivity contribution in [3.8, 4) is 5.75 Å². The van der Waals surface area contributed by atoms with E-state index in [-0.39, 0.29) is 36.0 Å². The number of hydrogen-bond donors (Lipinski definition) is 1. The summed E-state index contributed by atoms with van der Waals surface area (Å²) in [7, 11) is -3.69. The van der Waals surface area contributed by atoms with Gasteiger partial charge in [-0.15, -0.1) is 0 Å². The average Bonchev–Trinajstić information content (AvgIpc) is 2.62. The summed E-state index contributed by atoms with van der Waals surface area (Å²) in [4.78, 5) is 16.5. The Bertz CT molecular complexity index is 759. The van der Waals surface area contributed by atoms with Crippen molar-refractivity contribution >= 4 is 21.8 Å². The zero-order valence-corrected chi connectivity index (χ0v) is 19.7. The van der Waals surface area contributed by atoms with Gasteiger partial charge in [-0.25, -0.2) is 4.79 Å². The van der Waals surface area contributed by atoms with Gasteiger partial charge < -0.3 is 19.3 Å². The first kappa shape index (κ1) is 25.1. The van der Waals surface area contributed by atoms with Crippen molar-refractivity contribution in [3.05, 3.63) is 23.8 Å². The molecule has 0 atom stereocenters. The van der Waals surface area contributed by atoms with Crippen LogP contribution in [-0.4, -0.2) is 50.8 Å². The van der Waals surface area contributed by atoms with Gasteiger partial charge in [0.2, 0.25) is 0 Å². The van der Waals surface area contributed by atoms with E-state index in [1.54, 1.807) is 17.9 Å². The van der Waals surface area contributed by atoms with Crippen LogP contribution in [-0.2, 0) is 16.7 Å². The molecule has 8 heteroatoms. The van der Waals surface area contributed by atoms with Gasteiger partial charge in [0, 0.05) is 43.0 Å². The molecular weight excluding hydrogens is 390 g/mol. The largest absolute Gasteiger partial charge is 0.382 e. The molecule has 0 saturated carbocycles. The lowest BCUT2D eigenvalue weighted by Crippen LogP contribution is -2.44. The van der Waals surface area contributed by atoms with Gasteiger partial charge in [0.1, 0.15) is 5.75 Å². The average molecular weight is 428 g/mol. The number of benzene rings is 1. The molecular formula is C21H37N3O4S. The maximum Gasteiger partial charge on any atom is 0.317 e. The fraction of sp³-hybridized carbons (Fsp3) is 0.667. The number of carbonyl (C=O) groups excluding carboxylic acids is 1. The number of carbonyl (C=O) groups is 1. The summed E-state index contributed by atoms with van der Waals surface area (Å²) in [5.41, 5.74) is 1.56. The molecule has 1 aromatic carbocycles. The molecule has 0 aliphatic heterocycles. The number of hydrogen-bond acceptors (Lipinski definition) is 5. The van der Waals surface area contributed by atoms with Gasteiger partial charge in [0.05, 0.1) is 12.3 Å². The van der Waals surface area contributed by atoms with E-state index in [4.69, 9.17) is 4.18 Å². The van der Waals surface area contributed by atoms with Crippen LogP contribution in [0.2, 0.25) is 0 Å². The van der Waals surface area contributed by atoms with Crippen molar-refractivity contribution in [1.82, 2.24) is 10.2 Å². The summed E-state index contributed by atoms with van der Waals surface area (Å²) >= 11 is 0. The Morgan fingerprint density at radius 1 is 1.10 bits per heavy atom. The van der Waals surface area contributed by atoms with E-state index in [0.29, 0.717) is 12.1 Å². The van der Waals surface area contributed by atoms with Gasteiger partial charge in [-0.3, -0.25) is 0 Å². The van der Waals surface area contributed by atoms with Crippen LogP contribution in [0.25, 0.3) is 0 Å². The van der Waals surface area contributed by atoms with Crippen molar-refractivity contribution in [2.45, 2.75) is 61.1 Å². The molecule has 0 heterocycles. The second-order valence-electron chi connectivity index (χ2n) is 7.77. The van der Waals surface area contributed by atoms with Crippen LogP contribution in [0.4, 0.5) is 10.5 Å². The van der Waals surface area contributed by atoms with Gasteiger partial charge in [-0.1, -0.05) is 19.9 Å². The van der Waals surface area contributed by atoms with Crippen molar-refractivity contribution in [2.24, 2.45) is 5.92 Å². The molecule has 7 nitrogen and oxygen atoms in total. The smallest absolute Gasteiger partial charge is 0.317 e. The third-order valence-corrected chi connectivity index (χ3v) is 5.54. The summed E-state index contributed by atoms with van der Waals surface area (Å²) in [6.45, 7) is 15.9. The van der Waals surface area contributed by atoms with Crippen LogP contribution in [0.15, 0.2) is 18.2 Å². The summed E-state index contributed by atoms with van der Waals surface area (Å²) in [5.74, 6) is 0.430. The molecule has 1 rings (SSSR count). The Kier molecular flexibility index (Phi) is 9.76. The highest BCUT2D eigenvalue weighted by Gasteiger charge is 2.21. The van der Waals surface area contributed by atoms with Crippen molar-refractivity contribution in [1.29, 1.82) is 0 Å². The van der Waals surface area contributed by atoms with Crippen LogP contribution in [0.1, 0.15) is 54.0 Å². The van der Waals surface area contributed by atoms with Crippen LogP contribution < -0.4 is 14.4 Å². The van der Waals surface area contributed by atoms with E-state index < -0.39 is 10.1 Å². The summed E-state index contributed by atoms with van der Waals surface area (Å²) in [6.07, 6.45) is 0. The quantitative estimate of drug-likeness (QED) is 0.543. The normalized spacial score (nSPS) is 11.6. The van der Waals surface area contributed by atoms with Gasteiger partial charge in [-0.05, 0) is 46.6 Å². The lowest BCUT2D eigenvalue weighted by atomic mass is 10.1. The molecule has 0 fully saturated rings. The van der Waals surface area contributed by atoms with Gasteiger partial charge in [-0.2, -0.15) is 8.42 Å². The topological polar surface area (TPSA) is 79.0 Å². The van der Waals surface area contributed by atoms with Gasteiger partial charge in [0.15, 0.2) is 0 Å².